The summed E-state index contributed by atoms with van der Waals surface area (Å²) < 4.78 is 6.90. The first kappa shape index (κ1) is 13.0. The molecule has 0 amide bonds. The number of hydrogen-bond acceptors (Lipinski definition) is 4. The number of carbonyl (C=O) groups excluding carboxylic acids is 1. The molecule has 1 rings (SSSR count). The smallest absolute Gasteiger partial charge is 0.335 e. The fourth-order valence-corrected chi connectivity index (χ4v) is 1.25. The normalized spacial score (nSPS) is 10.0. The first-order valence-electron chi connectivity index (χ1n) is 5.08. The van der Waals surface area contributed by atoms with Crippen molar-refractivity contribution >= 4 is 5.97 Å². The Balaban J connectivity index is 3.01. The highest BCUT2D eigenvalue weighted by Crippen LogP contribution is 1.96. The Hall–Kier alpha value is -2.11. The molecule has 0 bridgehead atoms. The van der Waals surface area contributed by atoms with E-state index in [0.29, 0.717) is 0 Å². The maximum atomic E-state index is 11.6. The van der Waals surface area contributed by atoms with Crippen LogP contribution in [0, 0.1) is 0 Å². The molecular formula is C11H14N2O4. The predicted octanol–water partition coefficient (Wildman–Crippen LogP) is -0.334. The SMILES string of the molecule is C=C(Cn1c(=O)ccn(C)c1=O)C(=O)OCC. The van der Waals surface area contributed by atoms with Gasteiger partial charge in [0.2, 0.25) is 0 Å². The van der Waals surface area contributed by atoms with E-state index in [4.69, 9.17) is 4.74 Å². The average Bonchev–Trinajstić information content (AvgIpc) is 2.29. The molecule has 17 heavy (non-hydrogen) atoms. The van der Waals surface area contributed by atoms with E-state index in [0.717, 1.165) is 4.57 Å². The van der Waals surface area contributed by atoms with Gasteiger partial charge in [-0.05, 0) is 6.92 Å². The van der Waals surface area contributed by atoms with Crippen LogP contribution in [0.4, 0.5) is 0 Å². The van der Waals surface area contributed by atoms with E-state index in [1.807, 2.05) is 0 Å². The first-order valence-corrected chi connectivity index (χ1v) is 5.08. The van der Waals surface area contributed by atoms with E-state index in [9.17, 15) is 14.4 Å². The Bertz CT molecular complexity index is 553. The highest BCUT2D eigenvalue weighted by Gasteiger charge is 2.11. The highest BCUT2D eigenvalue weighted by molar-refractivity contribution is 5.87. The lowest BCUT2D eigenvalue weighted by Crippen LogP contribution is -2.38. The Morgan fingerprint density at radius 2 is 2.12 bits per heavy atom. The molecule has 0 spiro atoms. The van der Waals surface area contributed by atoms with Crippen molar-refractivity contribution in [2.24, 2.45) is 7.05 Å². The fourth-order valence-electron chi connectivity index (χ4n) is 1.25. The number of nitrogens with zero attached hydrogens (tertiary/aromatic N) is 2. The molecule has 1 heterocycles. The van der Waals surface area contributed by atoms with Gasteiger partial charge in [0.25, 0.3) is 5.56 Å². The van der Waals surface area contributed by atoms with Crippen LogP contribution in [0.15, 0.2) is 34.0 Å². The molecule has 92 valence electrons. The molecule has 1 aromatic rings. The minimum Gasteiger partial charge on any atom is -0.463 e. The summed E-state index contributed by atoms with van der Waals surface area (Å²) in [4.78, 5) is 34.4. The second-order valence-electron chi connectivity index (χ2n) is 3.46. The molecule has 6 heteroatoms. The van der Waals surface area contributed by atoms with Crippen LogP contribution in [0.2, 0.25) is 0 Å². The third-order valence-corrected chi connectivity index (χ3v) is 2.15. The number of hydrogen-bond donors (Lipinski definition) is 0. The van der Waals surface area contributed by atoms with Gasteiger partial charge in [0, 0.05) is 24.9 Å². The first-order chi connectivity index (χ1) is 7.97. The summed E-state index contributed by atoms with van der Waals surface area (Å²) in [6.07, 6.45) is 1.37. The second kappa shape index (κ2) is 5.29. The van der Waals surface area contributed by atoms with Crippen LogP contribution >= 0.6 is 0 Å². The molecule has 0 radical (unpaired) electrons. The van der Waals surface area contributed by atoms with Crippen LogP contribution in [0.1, 0.15) is 6.92 Å². The minimum atomic E-state index is -0.606. The van der Waals surface area contributed by atoms with E-state index in [2.05, 4.69) is 6.58 Å². The molecule has 0 aliphatic heterocycles. The van der Waals surface area contributed by atoms with Gasteiger partial charge in [-0.1, -0.05) is 6.58 Å². The number of ether oxygens (including phenoxy) is 1. The van der Waals surface area contributed by atoms with E-state index in [-0.39, 0.29) is 18.7 Å². The van der Waals surface area contributed by atoms with E-state index >= 15 is 0 Å². The Morgan fingerprint density at radius 3 is 2.71 bits per heavy atom. The van der Waals surface area contributed by atoms with Crippen LogP contribution in [-0.2, 0) is 23.1 Å². The van der Waals surface area contributed by atoms with Gasteiger partial charge in [-0.25, -0.2) is 9.59 Å². The lowest BCUT2D eigenvalue weighted by molar-refractivity contribution is -0.138. The van der Waals surface area contributed by atoms with Gasteiger partial charge in [-0.3, -0.25) is 9.36 Å². The largest absolute Gasteiger partial charge is 0.463 e. The van der Waals surface area contributed by atoms with Gasteiger partial charge in [0.1, 0.15) is 0 Å². The Labute approximate surface area is 97.8 Å². The van der Waals surface area contributed by atoms with Crippen LogP contribution < -0.4 is 11.2 Å². The number of rotatable bonds is 4. The highest BCUT2D eigenvalue weighted by atomic mass is 16.5. The van der Waals surface area contributed by atoms with Gasteiger partial charge < -0.3 is 9.30 Å². The van der Waals surface area contributed by atoms with E-state index < -0.39 is 17.2 Å². The zero-order valence-electron chi connectivity index (χ0n) is 9.80. The maximum Gasteiger partial charge on any atom is 0.335 e. The van der Waals surface area contributed by atoms with Gasteiger partial charge in [0.05, 0.1) is 13.2 Å². The van der Waals surface area contributed by atoms with Crippen LogP contribution in [0.5, 0.6) is 0 Å². The summed E-state index contributed by atoms with van der Waals surface area (Å²) in [5.74, 6) is -0.606. The molecule has 0 aliphatic rings. The van der Waals surface area contributed by atoms with Gasteiger partial charge in [-0.15, -0.1) is 0 Å². The van der Waals surface area contributed by atoms with E-state index in [1.165, 1.54) is 23.9 Å². The lowest BCUT2D eigenvalue weighted by atomic mass is 10.3. The van der Waals surface area contributed by atoms with Crippen molar-refractivity contribution in [2.45, 2.75) is 13.5 Å². The fraction of sp³-hybridized carbons (Fsp3) is 0.364. The molecule has 0 saturated carbocycles. The maximum absolute atomic E-state index is 11.6. The van der Waals surface area contributed by atoms with Gasteiger partial charge >= 0.3 is 11.7 Å². The standard InChI is InChI=1S/C11H14N2O4/c1-4-17-10(15)8(2)7-13-9(14)5-6-12(3)11(13)16/h5-6H,2,4,7H2,1,3H3. The zero-order valence-corrected chi connectivity index (χ0v) is 9.80. The molecule has 0 aliphatic carbocycles. The molecule has 0 saturated heterocycles. The topological polar surface area (TPSA) is 70.3 Å². The van der Waals surface area contributed by atoms with E-state index in [1.54, 1.807) is 6.92 Å². The summed E-state index contributed by atoms with van der Waals surface area (Å²) in [5, 5.41) is 0. The number of aromatic nitrogens is 2. The average molecular weight is 238 g/mol. The van der Waals surface area contributed by atoms with Crippen molar-refractivity contribution in [3.63, 3.8) is 0 Å². The van der Waals surface area contributed by atoms with Crippen molar-refractivity contribution in [1.82, 2.24) is 9.13 Å². The Morgan fingerprint density at radius 1 is 1.47 bits per heavy atom. The molecule has 1 aromatic heterocycles. The number of esters is 1. The van der Waals surface area contributed by atoms with Gasteiger partial charge in [-0.2, -0.15) is 0 Å². The molecular weight excluding hydrogens is 224 g/mol. The van der Waals surface area contributed by atoms with Crippen LogP contribution in [-0.4, -0.2) is 21.7 Å². The molecule has 0 fully saturated rings. The van der Waals surface area contributed by atoms with Crippen LogP contribution in [0.25, 0.3) is 0 Å². The molecule has 0 aromatic carbocycles. The minimum absolute atomic E-state index is 0.0669. The number of carbonyl (C=O) groups is 1. The van der Waals surface area contributed by atoms with Crippen molar-refractivity contribution in [1.29, 1.82) is 0 Å². The third-order valence-electron chi connectivity index (χ3n) is 2.15. The molecule has 0 atom stereocenters. The zero-order chi connectivity index (χ0) is 13.0. The summed E-state index contributed by atoms with van der Waals surface area (Å²) >= 11 is 0. The summed E-state index contributed by atoms with van der Waals surface area (Å²) in [6.45, 7) is 5.22. The number of aryl methyl sites for hydroxylation is 1. The van der Waals surface area contributed by atoms with Crippen molar-refractivity contribution in [3.8, 4) is 0 Å². The monoisotopic (exact) mass is 238 g/mol. The molecule has 6 nitrogen and oxygen atoms in total. The lowest BCUT2D eigenvalue weighted by Gasteiger charge is -2.08. The van der Waals surface area contributed by atoms with Crippen molar-refractivity contribution in [3.05, 3.63) is 45.3 Å². The van der Waals surface area contributed by atoms with Crippen molar-refractivity contribution < 1.29 is 9.53 Å². The second-order valence-corrected chi connectivity index (χ2v) is 3.46. The van der Waals surface area contributed by atoms with Crippen molar-refractivity contribution in [2.75, 3.05) is 6.61 Å². The van der Waals surface area contributed by atoms with Crippen LogP contribution in [0.3, 0.4) is 0 Å². The quantitative estimate of drug-likeness (QED) is 0.532. The summed E-state index contributed by atoms with van der Waals surface area (Å²) in [7, 11) is 1.52. The third kappa shape index (κ3) is 2.93. The summed E-state index contributed by atoms with van der Waals surface area (Å²) in [5.41, 5.74) is -0.904. The molecule has 0 unspecified atom stereocenters. The molecule has 0 N–H and O–H groups in total. The predicted molar refractivity (Wildman–Crippen MR) is 61.7 cm³/mol. The van der Waals surface area contributed by atoms with Gasteiger partial charge in [0.15, 0.2) is 0 Å². The summed E-state index contributed by atoms with van der Waals surface area (Å²) in [6, 6.07) is 1.25. The Kier molecular flexibility index (Phi) is 4.03.